The van der Waals surface area contributed by atoms with Gasteiger partial charge in [-0.05, 0) is 71.9 Å². The summed E-state index contributed by atoms with van der Waals surface area (Å²) in [5, 5.41) is 10.8. The van der Waals surface area contributed by atoms with Crippen molar-refractivity contribution in [2.45, 2.75) is 64.5 Å². The van der Waals surface area contributed by atoms with E-state index >= 15 is 0 Å². The molecular weight excluding hydrogens is 278 g/mol. The summed E-state index contributed by atoms with van der Waals surface area (Å²) in [4.78, 5) is 14.2. The Morgan fingerprint density at radius 1 is 1.32 bits per heavy atom. The summed E-state index contributed by atoms with van der Waals surface area (Å²) in [6, 6.07) is 0.172. The van der Waals surface area contributed by atoms with Crippen LogP contribution in [0.25, 0.3) is 0 Å². The van der Waals surface area contributed by atoms with Crippen LogP contribution in [0.1, 0.15) is 52.9 Å². The number of allylic oxidation sites excluding steroid dienone is 1. The van der Waals surface area contributed by atoms with Crippen LogP contribution in [0.5, 0.6) is 0 Å². The van der Waals surface area contributed by atoms with E-state index in [1.165, 1.54) is 5.57 Å². The third-order valence-electron chi connectivity index (χ3n) is 5.51. The van der Waals surface area contributed by atoms with Crippen molar-refractivity contribution in [3.05, 3.63) is 12.2 Å². The van der Waals surface area contributed by atoms with Crippen LogP contribution in [-0.2, 0) is 9.53 Å². The summed E-state index contributed by atoms with van der Waals surface area (Å²) in [6.45, 7) is 12.2. The highest BCUT2D eigenvalue weighted by Gasteiger charge is 2.43. The van der Waals surface area contributed by atoms with Gasteiger partial charge in [-0.2, -0.15) is 0 Å². The molecule has 2 fully saturated rings. The average Bonchev–Trinajstić information content (AvgIpc) is 2.47. The van der Waals surface area contributed by atoms with E-state index in [1.54, 1.807) is 0 Å². The first kappa shape index (κ1) is 17.5. The Morgan fingerprint density at radius 3 is 2.50 bits per heavy atom. The zero-order valence-corrected chi connectivity index (χ0v) is 14.3. The lowest BCUT2D eigenvalue weighted by atomic mass is 9.72. The second-order valence-corrected chi connectivity index (χ2v) is 7.25. The summed E-state index contributed by atoms with van der Waals surface area (Å²) in [7, 11) is 0. The minimum absolute atomic E-state index is 0.0293. The predicted molar refractivity (Wildman–Crippen MR) is 87.5 cm³/mol. The van der Waals surface area contributed by atoms with Gasteiger partial charge in [-0.15, -0.1) is 0 Å². The van der Waals surface area contributed by atoms with Crippen LogP contribution in [0, 0.1) is 11.8 Å². The van der Waals surface area contributed by atoms with Gasteiger partial charge in [-0.1, -0.05) is 12.2 Å². The first-order valence-corrected chi connectivity index (χ1v) is 8.63. The molecular formula is C18H31NO3. The van der Waals surface area contributed by atoms with E-state index in [0.29, 0.717) is 12.5 Å². The number of esters is 1. The number of rotatable bonds is 4. The Bertz CT molecular complexity index is 411. The molecule has 22 heavy (non-hydrogen) atoms. The number of likely N-dealkylation sites (tertiary alicyclic amines) is 1. The van der Waals surface area contributed by atoms with Crippen LogP contribution >= 0.6 is 0 Å². The fourth-order valence-electron chi connectivity index (χ4n) is 3.97. The van der Waals surface area contributed by atoms with E-state index in [1.807, 2.05) is 13.8 Å². The highest BCUT2D eigenvalue weighted by Crippen LogP contribution is 2.39. The van der Waals surface area contributed by atoms with Gasteiger partial charge in [0.15, 0.2) is 0 Å². The molecule has 3 atom stereocenters. The fourth-order valence-corrected chi connectivity index (χ4v) is 3.97. The van der Waals surface area contributed by atoms with Gasteiger partial charge in [0.2, 0.25) is 0 Å². The van der Waals surface area contributed by atoms with E-state index in [9.17, 15) is 9.90 Å². The second-order valence-electron chi connectivity index (χ2n) is 7.25. The van der Waals surface area contributed by atoms with E-state index in [2.05, 4.69) is 18.4 Å². The number of nitrogens with zero attached hydrogens (tertiary/aromatic N) is 1. The summed E-state index contributed by atoms with van der Waals surface area (Å²) in [6.07, 6.45) is 4.50. The average molecular weight is 309 g/mol. The topological polar surface area (TPSA) is 49.8 Å². The minimum atomic E-state index is -0.636. The standard InChI is InChI=1S/C18H31NO3/c1-5-22-17(20)14-7-10-19(11-8-14)16-12-15(13(2)3)6-9-18(16,4)21/h14-16,21H,2,5-12H2,1,3-4H3/t15-,16?,18?/m0/s1. The number of carbonyl (C=O) groups excluding carboxylic acids is 1. The van der Waals surface area contributed by atoms with Gasteiger partial charge in [0.25, 0.3) is 0 Å². The molecule has 0 radical (unpaired) electrons. The number of aliphatic hydroxyl groups is 1. The van der Waals surface area contributed by atoms with E-state index in [0.717, 1.165) is 45.2 Å². The van der Waals surface area contributed by atoms with Crippen molar-refractivity contribution >= 4 is 5.97 Å². The number of hydrogen-bond acceptors (Lipinski definition) is 4. The molecule has 4 nitrogen and oxygen atoms in total. The van der Waals surface area contributed by atoms with Gasteiger partial charge in [0.1, 0.15) is 0 Å². The molecule has 126 valence electrons. The molecule has 0 aromatic heterocycles. The second kappa shape index (κ2) is 7.14. The maximum Gasteiger partial charge on any atom is 0.309 e. The van der Waals surface area contributed by atoms with Crippen molar-refractivity contribution in [3.8, 4) is 0 Å². The van der Waals surface area contributed by atoms with Crippen LogP contribution in [0.2, 0.25) is 0 Å². The predicted octanol–water partition coefficient (Wildman–Crippen LogP) is 2.76. The molecule has 0 aromatic carbocycles. The Labute approximate surface area is 134 Å². The van der Waals surface area contributed by atoms with Crippen molar-refractivity contribution in [1.82, 2.24) is 4.90 Å². The van der Waals surface area contributed by atoms with Gasteiger partial charge in [0, 0.05) is 6.04 Å². The summed E-state index contributed by atoms with van der Waals surface area (Å²) >= 11 is 0. The molecule has 1 saturated carbocycles. The summed E-state index contributed by atoms with van der Waals surface area (Å²) in [5.41, 5.74) is 0.588. The molecule has 2 aliphatic rings. The number of ether oxygens (including phenoxy) is 1. The lowest BCUT2D eigenvalue weighted by Crippen LogP contribution is -2.56. The van der Waals surface area contributed by atoms with Crippen LogP contribution in [0.15, 0.2) is 12.2 Å². The SMILES string of the molecule is C=C(C)[C@H]1CCC(C)(O)C(N2CCC(C(=O)OCC)CC2)C1. The Hall–Kier alpha value is -0.870. The van der Waals surface area contributed by atoms with Gasteiger partial charge >= 0.3 is 5.97 Å². The molecule has 1 heterocycles. The zero-order valence-electron chi connectivity index (χ0n) is 14.3. The molecule has 0 amide bonds. The Kier molecular flexibility index (Phi) is 5.67. The first-order chi connectivity index (χ1) is 10.3. The molecule has 1 N–H and O–H groups in total. The van der Waals surface area contributed by atoms with E-state index in [4.69, 9.17) is 4.74 Å². The fraction of sp³-hybridized carbons (Fsp3) is 0.833. The lowest BCUT2D eigenvalue weighted by molar-refractivity contribution is -0.150. The molecule has 2 unspecified atom stereocenters. The number of piperidine rings is 1. The van der Waals surface area contributed by atoms with Crippen molar-refractivity contribution in [3.63, 3.8) is 0 Å². The van der Waals surface area contributed by atoms with Crippen LogP contribution in [-0.4, -0.2) is 47.3 Å². The Morgan fingerprint density at radius 2 is 1.95 bits per heavy atom. The van der Waals surface area contributed by atoms with Gasteiger partial charge in [-0.3, -0.25) is 9.69 Å². The normalized spacial score (nSPS) is 34.4. The highest BCUT2D eigenvalue weighted by molar-refractivity contribution is 5.72. The minimum Gasteiger partial charge on any atom is -0.466 e. The number of hydrogen-bond donors (Lipinski definition) is 1. The van der Waals surface area contributed by atoms with Crippen molar-refractivity contribution in [2.24, 2.45) is 11.8 Å². The van der Waals surface area contributed by atoms with Gasteiger partial charge < -0.3 is 9.84 Å². The molecule has 1 aliphatic heterocycles. The largest absolute Gasteiger partial charge is 0.466 e. The van der Waals surface area contributed by atoms with Crippen LogP contribution < -0.4 is 0 Å². The van der Waals surface area contributed by atoms with Crippen molar-refractivity contribution < 1.29 is 14.6 Å². The van der Waals surface area contributed by atoms with Gasteiger partial charge in [0.05, 0.1) is 18.1 Å². The van der Waals surface area contributed by atoms with Crippen LogP contribution in [0.4, 0.5) is 0 Å². The van der Waals surface area contributed by atoms with Crippen molar-refractivity contribution in [2.75, 3.05) is 19.7 Å². The van der Waals surface area contributed by atoms with Crippen LogP contribution in [0.3, 0.4) is 0 Å². The van der Waals surface area contributed by atoms with Crippen molar-refractivity contribution in [1.29, 1.82) is 0 Å². The van der Waals surface area contributed by atoms with E-state index < -0.39 is 5.60 Å². The third-order valence-corrected chi connectivity index (χ3v) is 5.51. The zero-order chi connectivity index (χ0) is 16.3. The van der Waals surface area contributed by atoms with Gasteiger partial charge in [-0.25, -0.2) is 0 Å². The Balaban J connectivity index is 1.96. The first-order valence-electron chi connectivity index (χ1n) is 8.63. The molecule has 2 rings (SSSR count). The summed E-state index contributed by atoms with van der Waals surface area (Å²) in [5.74, 6) is 0.479. The summed E-state index contributed by atoms with van der Waals surface area (Å²) < 4.78 is 5.13. The third kappa shape index (κ3) is 3.90. The smallest absolute Gasteiger partial charge is 0.309 e. The number of carbonyl (C=O) groups is 1. The highest BCUT2D eigenvalue weighted by atomic mass is 16.5. The molecule has 0 bridgehead atoms. The molecule has 0 aromatic rings. The van der Waals surface area contributed by atoms with E-state index in [-0.39, 0.29) is 17.9 Å². The lowest BCUT2D eigenvalue weighted by Gasteiger charge is -2.48. The molecule has 4 heteroatoms. The quantitative estimate of drug-likeness (QED) is 0.641. The molecule has 1 saturated heterocycles. The molecule has 0 spiro atoms. The maximum absolute atomic E-state index is 11.8. The molecule has 1 aliphatic carbocycles. The monoisotopic (exact) mass is 309 g/mol. The maximum atomic E-state index is 11.8.